The summed E-state index contributed by atoms with van der Waals surface area (Å²) >= 11 is 0. The number of aliphatic imine (C=N–C) groups is 6. The van der Waals surface area contributed by atoms with Crippen molar-refractivity contribution in [2.75, 3.05) is 0 Å². The van der Waals surface area contributed by atoms with Crippen molar-refractivity contribution in [3.63, 3.8) is 0 Å². The zero-order valence-electron chi connectivity index (χ0n) is 15.9. The van der Waals surface area contributed by atoms with Gasteiger partial charge in [-0.2, -0.15) is 9.98 Å². The quantitative estimate of drug-likeness (QED) is 0.733. The van der Waals surface area contributed by atoms with Crippen molar-refractivity contribution < 1.29 is 0 Å². The molecular weight excluding hydrogens is 356 g/mol. The molecule has 0 saturated heterocycles. The number of hydrogen-bond acceptors (Lipinski definition) is 8. The fourth-order valence-corrected chi connectivity index (χ4v) is 3.11. The maximum Gasteiger partial charge on any atom is 0.229 e. The van der Waals surface area contributed by atoms with Gasteiger partial charge >= 0.3 is 0 Å². The molecule has 0 aromatic carbocycles. The summed E-state index contributed by atoms with van der Waals surface area (Å²) in [5.74, 6) is 3.17. The first-order valence-electron chi connectivity index (χ1n) is 8.87. The van der Waals surface area contributed by atoms with E-state index in [1.54, 1.807) is 24.8 Å². The molecule has 2 N–H and O–H groups in total. The van der Waals surface area contributed by atoms with Crippen LogP contribution in [0.3, 0.4) is 0 Å². The summed E-state index contributed by atoms with van der Waals surface area (Å²) in [6.07, 6.45) is 6.75. The van der Waals surface area contributed by atoms with Crippen LogP contribution in [0.5, 0.6) is 0 Å². The molecule has 0 aliphatic carbocycles. The highest BCUT2D eigenvalue weighted by Gasteiger charge is 2.34. The Labute approximate surface area is 160 Å². The van der Waals surface area contributed by atoms with E-state index in [0.717, 1.165) is 11.4 Å². The number of hydrogen-bond donors (Lipinski definition) is 2. The van der Waals surface area contributed by atoms with Crippen molar-refractivity contribution in [3.8, 4) is 0 Å². The fourth-order valence-electron chi connectivity index (χ4n) is 3.11. The molecule has 0 atom stereocenters. The van der Waals surface area contributed by atoms with Gasteiger partial charge in [0.05, 0.1) is 35.7 Å². The summed E-state index contributed by atoms with van der Waals surface area (Å²) in [6, 6.07) is 0. The largest absolute Gasteiger partial charge is 0.325 e. The molecule has 10 heteroatoms. The highest BCUT2D eigenvalue weighted by atomic mass is 15.2. The monoisotopic (exact) mass is 374 g/mol. The number of rotatable bonds is 0. The number of aromatic nitrogens is 4. The highest BCUT2D eigenvalue weighted by molar-refractivity contribution is 6.39. The van der Waals surface area contributed by atoms with E-state index in [-0.39, 0.29) is 0 Å². The maximum atomic E-state index is 4.57. The van der Waals surface area contributed by atoms with Crippen LogP contribution in [0.4, 0.5) is 11.9 Å². The Morgan fingerprint density at radius 2 is 1.07 bits per heavy atom. The lowest BCUT2D eigenvalue weighted by Crippen LogP contribution is -2.27. The van der Waals surface area contributed by atoms with Crippen LogP contribution < -0.4 is 0 Å². The minimum atomic E-state index is -0.495. The SMILES string of the molecule is CC1(C)C2=NC(=Nc3ncc([nH]3)C(C)(C)C3=NC(=Nc4ncc1[nH]4)C=N3)C=N2. The molecule has 140 valence electrons. The van der Waals surface area contributed by atoms with E-state index >= 15 is 0 Å². The van der Waals surface area contributed by atoms with Crippen LogP contribution in [0.15, 0.2) is 42.3 Å². The molecule has 0 spiro atoms. The van der Waals surface area contributed by atoms with Crippen LogP contribution in [0, 0.1) is 0 Å². The van der Waals surface area contributed by atoms with Crippen LogP contribution >= 0.6 is 0 Å². The number of aromatic amines is 2. The highest BCUT2D eigenvalue weighted by Crippen LogP contribution is 2.30. The van der Waals surface area contributed by atoms with Crippen molar-refractivity contribution in [1.82, 2.24) is 19.9 Å². The van der Waals surface area contributed by atoms with Crippen molar-refractivity contribution in [2.24, 2.45) is 30.0 Å². The van der Waals surface area contributed by atoms with Gasteiger partial charge in [0.15, 0.2) is 11.7 Å². The summed E-state index contributed by atoms with van der Waals surface area (Å²) in [6.45, 7) is 8.06. The topological polar surface area (TPSA) is 132 Å². The summed E-state index contributed by atoms with van der Waals surface area (Å²) in [5, 5.41) is 0. The van der Waals surface area contributed by atoms with E-state index in [0.29, 0.717) is 35.2 Å². The third-order valence-corrected chi connectivity index (χ3v) is 5.08. The zero-order chi connectivity index (χ0) is 19.5. The molecule has 2 aromatic rings. The molecule has 8 bridgehead atoms. The summed E-state index contributed by atoms with van der Waals surface area (Å²) in [5.41, 5.74) is 0.696. The van der Waals surface area contributed by atoms with E-state index in [1.807, 2.05) is 27.7 Å². The molecule has 10 nitrogen and oxygen atoms in total. The Morgan fingerprint density at radius 1 is 0.643 bits per heavy atom. The van der Waals surface area contributed by atoms with Crippen molar-refractivity contribution in [1.29, 1.82) is 0 Å². The van der Waals surface area contributed by atoms with E-state index in [2.05, 4.69) is 49.9 Å². The molecule has 0 saturated carbocycles. The fraction of sp³-hybridized carbons (Fsp3) is 0.333. The molecule has 0 radical (unpaired) electrons. The third kappa shape index (κ3) is 2.48. The lowest BCUT2D eigenvalue weighted by atomic mass is 9.88. The first-order valence-corrected chi connectivity index (χ1v) is 8.87. The number of nitrogens with one attached hydrogen (secondary N) is 2. The molecule has 3 aliphatic heterocycles. The molecule has 5 heterocycles. The number of imidazole rings is 2. The predicted octanol–water partition coefficient (Wildman–Crippen LogP) is 2.43. The van der Waals surface area contributed by atoms with Gasteiger partial charge in [-0.3, -0.25) is 0 Å². The predicted molar refractivity (Wildman–Crippen MR) is 109 cm³/mol. The van der Waals surface area contributed by atoms with E-state index in [9.17, 15) is 0 Å². The normalized spacial score (nSPS) is 21.3. The number of fused-ring (bicyclic) bond motifs is 6. The number of amidine groups is 4. The molecule has 0 amide bonds. The lowest BCUT2D eigenvalue weighted by molar-refractivity contribution is 0.688. The Hall–Kier alpha value is -3.56. The van der Waals surface area contributed by atoms with E-state index in [1.165, 1.54) is 0 Å². The second-order valence-corrected chi connectivity index (χ2v) is 7.82. The molecular formula is C18H18N10. The van der Waals surface area contributed by atoms with E-state index in [4.69, 9.17) is 0 Å². The zero-order valence-corrected chi connectivity index (χ0v) is 15.9. The minimum absolute atomic E-state index is 0.458. The average molecular weight is 374 g/mol. The Balaban J connectivity index is 1.70. The van der Waals surface area contributed by atoms with Gasteiger partial charge in [0, 0.05) is 11.4 Å². The molecule has 2 aromatic heterocycles. The first kappa shape index (κ1) is 16.6. The molecule has 0 fully saturated rings. The van der Waals surface area contributed by atoms with Crippen molar-refractivity contribution in [3.05, 3.63) is 23.8 Å². The summed E-state index contributed by atoms with van der Waals surface area (Å²) < 4.78 is 0. The molecule has 5 rings (SSSR count). The molecule has 0 unspecified atom stereocenters. The summed E-state index contributed by atoms with van der Waals surface area (Å²) in [4.78, 5) is 42.2. The Morgan fingerprint density at radius 3 is 1.50 bits per heavy atom. The van der Waals surface area contributed by atoms with Gasteiger partial charge in [0.2, 0.25) is 11.9 Å². The first-order chi connectivity index (χ1) is 13.3. The van der Waals surface area contributed by atoms with Gasteiger partial charge < -0.3 is 9.97 Å². The third-order valence-electron chi connectivity index (χ3n) is 5.08. The van der Waals surface area contributed by atoms with Gasteiger partial charge in [-0.25, -0.2) is 29.9 Å². The Bertz CT molecular complexity index is 1070. The van der Waals surface area contributed by atoms with Crippen LogP contribution in [0.1, 0.15) is 39.1 Å². The van der Waals surface area contributed by atoms with E-state index < -0.39 is 10.8 Å². The van der Waals surface area contributed by atoms with Gasteiger partial charge in [0.25, 0.3) is 0 Å². The molecule has 28 heavy (non-hydrogen) atoms. The number of nitrogens with zero attached hydrogens (tertiary/aromatic N) is 8. The second-order valence-electron chi connectivity index (χ2n) is 7.82. The summed E-state index contributed by atoms with van der Waals surface area (Å²) in [7, 11) is 0. The van der Waals surface area contributed by atoms with Gasteiger partial charge in [0.1, 0.15) is 11.7 Å². The lowest BCUT2D eigenvalue weighted by Gasteiger charge is -2.20. The van der Waals surface area contributed by atoms with Gasteiger partial charge in [-0.15, -0.1) is 0 Å². The smallest absolute Gasteiger partial charge is 0.229 e. The average Bonchev–Trinajstić information content (AvgIpc) is 3.42. The maximum absolute atomic E-state index is 4.57. The van der Waals surface area contributed by atoms with Crippen LogP contribution in [0.25, 0.3) is 0 Å². The van der Waals surface area contributed by atoms with Gasteiger partial charge in [-0.1, -0.05) is 0 Å². The van der Waals surface area contributed by atoms with Crippen molar-refractivity contribution in [2.45, 2.75) is 38.5 Å². The van der Waals surface area contributed by atoms with Crippen molar-refractivity contribution >= 4 is 47.7 Å². The number of H-pyrrole nitrogens is 2. The second kappa shape index (κ2) is 5.47. The Kier molecular flexibility index (Phi) is 3.25. The standard InChI is InChI=1S/C18H18N10/c1-17(2)9-5-21-15(23-9)28-12-8-20-14(26-12)18(3,4)10-6-22-16(24-10)27-11-7-19-13(17)25-11/h5-8H,1-4H3,(H,21,23)(H,22,24). The van der Waals surface area contributed by atoms with Gasteiger partial charge in [-0.05, 0) is 27.7 Å². The minimum Gasteiger partial charge on any atom is -0.325 e. The van der Waals surface area contributed by atoms with Crippen LogP contribution in [-0.2, 0) is 10.8 Å². The van der Waals surface area contributed by atoms with Crippen LogP contribution in [-0.4, -0.2) is 55.7 Å². The molecule has 3 aliphatic rings. The van der Waals surface area contributed by atoms with Crippen LogP contribution in [0.2, 0.25) is 0 Å².